The van der Waals surface area contributed by atoms with E-state index in [1.807, 2.05) is 44.3 Å². The quantitative estimate of drug-likeness (QED) is 0.593. The Morgan fingerprint density at radius 1 is 1.34 bits per heavy atom. The maximum atomic E-state index is 12.8. The fourth-order valence-electron chi connectivity index (χ4n) is 6.11. The van der Waals surface area contributed by atoms with Gasteiger partial charge in [-0.2, -0.15) is 0 Å². The molecular formula is C25H35NO3. The number of carbonyl (C=O) groups excluding carboxylic acids is 1. The minimum Gasteiger partial charge on any atom is -0.462 e. The normalized spacial score (nSPS) is 36.3. The Morgan fingerprint density at radius 2 is 2.07 bits per heavy atom. The molecule has 4 rings (SSSR count). The van der Waals surface area contributed by atoms with Gasteiger partial charge in [0, 0.05) is 18.5 Å². The molecule has 1 heterocycles. The molecule has 4 heteroatoms. The summed E-state index contributed by atoms with van der Waals surface area (Å²) in [5, 5.41) is 10.8. The van der Waals surface area contributed by atoms with E-state index in [1.54, 1.807) is 0 Å². The first-order valence-corrected chi connectivity index (χ1v) is 11.1. The number of fused-ring (bicyclic) bond motifs is 2. The summed E-state index contributed by atoms with van der Waals surface area (Å²) in [4.78, 5) is 14.9. The van der Waals surface area contributed by atoms with Crippen LogP contribution in [0, 0.1) is 23.2 Å². The van der Waals surface area contributed by atoms with Crippen molar-refractivity contribution in [2.24, 2.45) is 23.2 Å². The van der Waals surface area contributed by atoms with Crippen LogP contribution in [0.5, 0.6) is 0 Å². The summed E-state index contributed by atoms with van der Waals surface area (Å²) in [6, 6.07) is 9.66. The topological polar surface area (TPSA) is 49.8 Å². The Kier molecular flexibility index (Phi) is 5.60. The number of benzene rings is 1. The van der Waals surface area contributed by atoms with Gasteiger partial charge in [0.05, 0.1) is 12.0 Å². The molecule has 1 aliphatic heterocycles. The molecule has 2 saturated carbocycles. The summed E-state index contributed by atoms with van der Waals surface area (Å²) in [6.07, 6.45) is 4.98. The van der Waals surface area contributed by atoms with E-state index in [2.05, 4.69) is 18.4 Å². The number of allylic oxidation sites excluding steroid dienone is 1. The van der Waals surface area contributed by atoms with E-state index >= 15 is 0 Å². The van der Waals surface area contributed by atoms with Gasteiger partial charge in [-0.15, -0.1) is 0 Å². The summed E-state index contributed by atoms with van der Waals surface area (Å²) in [7, 11) is 2.00. The number of hydrogen-bond acceptors (Lipinski definition) is 4. The molecule has 7 atom stereocenters. The number of rotatable bonds is 5. The van der Waals surface area contributed by atoms with Crippen molar-refractivity contribution in [2.45, 2.75) is 64.2 Å². The Labute approximate surface area is 174 Å². The number of aliphatic hydroxyl groups is 1. The summed E-state index contributed by atoms with van der Waals surface area (Å²) in [6.45, 7) is 9.39. The number of aliphatic hydroxyl groups excluding tert-OH is 1. The highest BCUT2D eigenvalue weighted by Gasteiger charge is 2.55. The zero-order chi connectivity index (χ0) is 20.8. The average Bonchev–Trinajstić information content (AvgIpc) is 2.99. The van der Waals surface area contributed by atoms with Crippen molar-refractivity contribution < 1.29 is 14.6 Å². The highest BCUT2D eigenvalue weighted by Crippen LogP contribution is 2.57. The van der Waals surface area contributed by atoms with Gasteiger partial charge < -0.3 is 9.84 Å². The molecule has 3 fully saturated rings. The molecule has 0 radical (unpaired) electrons. The predicted molar refractivity (Wildman–Crippen MR) is 114 cm³/mol. The maximum absolute atomic E-state index is 12.8. The average molecular weight is 398 g/mol. The molecule has 1 saturated heterocycles. The second kappa shape index (κ2) is 7.88. The van der Waals surface area contributed by atoms with Crippen LogP contribution in [0.15, 0.2) is 42.5 Å². The molecule has 0 bridgehead atoms. The van der Waals surface area contributed by atoms with Crippen molar-refractivity contribution in [3.05, 3.63) is 48.0 Å². The number of hydrogen-bond donors (Lipinski definition) is 1. The van der Waals surface area contributed by atoms with Gasteiger partial charge in [0.2, 0.25) is 0 Å². The maximum Gasteiger partial charge on any atom is 0.310 e. The first-order valence-electron chi connectivity index (χ1n) is 11.1. The van der Waals surface area contributed by atoms with Gasteiger partial charge >= 0.3 is 5.97 Å². The number of likely N-dealkylation sites (N-methyl/N-ethyl adjacent to an activating group) is 1. The zero-order valence-electron chi connectivity index (χ0n) is 18.0. The van der Waals surface area contributed by atoms with Crippen LogP contribution < -0.4 is 0 Å². The number of nitrogens with zero attached hydrogens (tertiary/aromatic N) is 1. The lowest BCUT2D eigenvalue weighted by Gasteiger charge is -2.50. The minimum atomic E-state index is -0.581. The summed E-state index contributed by atoms with van der Waals surface area (Å²) >= 11 is 0. The van der Waals surface area contributed by atoms with E-state index in [9.17, 15) is 9.90 Å². The van der Waals surface area contributed by atoms with Gasteiger partial charge in [0.1, 0.15) is 6.10 Å². The van der Waals surface area contributed by atoms with E-state index in [-0.39, 0.29) is 35.4 Å². The van der Waals surface area contributed by atoms with Gasteiger partial charge in [0.15, 0.2) is 0 Å². The molecule has 2 aliphatic carbocycles. The molecule has 158 valence electrons. The SMILES string of the molecule is C=C1CCC[C@]2(C)C[C@H]3OC(=O)[C@@H](CN(C)C(C)C(O)c4ccccc4)[C@H]3C[C@@H]12. The third kappa shape index (κ3) is 3.77. The van der Waals surface area contributed by atoms with Crippen LogP contribution >= 0.6 is 0 Å². The molecule has 0 amide bonds. The van der Waals surface area contributed by atoms with Crippen molar-refractivity contribution in [1.29, 1.82) is 0 Å². The monoisotopic (exact) mass is 397 g/mol. The summed E-state index contributed by atoms with van der Waals surface area (Å²) in [5.41, 5.74) is 2.51. The molecule has 4 nitrogen and oxygen atoms in total. The van der Waals surface area contributed by atoms with Crippen molar-refractivity contribution in [3.63, 3.8) is 0 Å². The third-order valence-corrected chi connectivity index (χ3v) is 8.10. The van der Waals surface area contributed by atoms with E-state index in [1.165, 1.54) is 18.4 Å². The molecule has 0 spiro atoms. The lowest BCUT2D eigenvalue weighted by atomic mass is 9.55. The lowest BCUT2D eigenvalue weighted by molar-refractivity contribution is -0.146. The van der Waals surface area contributed by atoms with Gasteiger partial charge in [-0.25, -0.2) is 0 Å². The number of ether oxygens (including phenoxy) is 1. The fraction of sp³-hybridized carbons (Fsp3) is 0.640. The molecule has 1 aromatic carbocycles. The minimum absolute atomic E-state index is 0.0439. The van der Waals surface area contributed by atoms with Crippen LogP contribution in [-0.2, 0) is 9.53 Å². The van der Waals surface area contributed by atoms with Gasteiger partial charge in [-0.05, 0) is 63.0 Å². The molecule has 3 aliphatic rings. The highest BCUT2D eigenvalue weighted by molar-refractivity contribution is 5.75. The van der Waals surface area contributed by atoms with Crippen LogP contribution in [0.2, 0.25) is 0 Å². The van der Waals surface area contributed by atoms with Crippen LogP contribution in [0.4, 0.5) is 0 Å². The van der Waals surface area contributed by atoms with Crippen molar-refractivity contribution in [2.75, 3.05) is 13.6 Å². The Bertz CT molecular complexity index is 763. The Hall–Kier alpha value is -1.65. The lowest BCUT2D eigenvalue weighted by Crippen LogP contribution is -2.46. The van der Waals surface area contributed by atoms with E-state index in [0.717, 1.165) is 24.8 Å². The van der Waals surface area contributed by atoms with Crippen LogP contribution in [0.3, 0.4) is 0 Å². The van der Waals surface area contributed by atoms with Crippen molar-refractivity contribution >= 4 is 5.97 Å². The summed E-state index contributed by atoms with van der Waals surface area (Å²) in [5.74, 6) is 0.599. The first kappa shape index (κ1) is 20.6. The first-order chi connectivity index (χ1) is 13.8. The van der Waals surface area contributed by atoms with E-state index in [4.69, 9.17) is 4.74 Å². The number of carbonyl (C=O) groups is 1. The second-order valence-electron chi connectivity index (χ2n) is 9.94. The molecule has 1 N–H and O–H groups in total. The van der Waals surface area contributed by atoms with Crippen LogP contribution in [0.25, 0.3) is 0 Å². The van der Waals surface area contributed by atoms with E-state index in [0.29, 0.717) is 12.5 Å². The van der Waals surface area contributed by atoms with Crippen LogP contribution in [0.1, 0.15) is 57.6 Å². The van der Waals surface area contributed by atoms with Gasteiger partial charge in [-0.3, -0.25) is 9.69 Å². The fourth-order valence-corrected chi connectivity index (χ4v) is 6.11. The number of esters is 1. The largest absolute Gasteiger partial charge is 0.462 e. The summed E-state index contributed by atoms with van der Waals surface area (Å²) < 4.78 is 5.90. The molecule has 0 aromatic heterocycles. The Balaban J connectivity index is 1.46. The third-order valence-electron chi connectivity index (χ3n) is 8.10. The molecule has 29 heavy (non-hydrogen) atoms. The second-order valence-corrected chi connectivity index (χ2v) is 9.94. The standard InChI is InChI=1S/C25H35NO3/c1-16-9-8-12-25(3)14-22-19(13-21(16)25)20(24(28)29-22)15-26(4)17(2)23(27)18-10-6-5-7-11-18/h5-7,10-11,17,19-23,27H,1,8-9,12-15H2,2-4H3/t17?,19-,20+,21+,22-,23?,25-/m1/s1. The van der Waals surface area contributed by atoms with Gasteiger partial charge in [-0.1, -0.05) is 49.4 Å². The Morgan fingerprint density at radius 3 is 2.79 bits per heavy atom. The highest BCUT2D eigenvalue weighted by atomic mass is 16.6. The predicted octanol–water partition coefficient (Wildman–Crippen LogP) is 4.35. The van der Waals surface area contributed by atoms with Crippen molar-refractivity contribution in [1.82, 2.24) is 4.90 Å². The molecular weight excluding hydrogens is 362 g/mol. The van der Waals surface area contributed by atoms with E-state index < -0.39 is 6.10 Å². The zero-order valence-corrected chi connectivity index (χ0v) is 18.0. The molecule has 1 aromatic rings. The van der Waals surface area contributed by atoms with Gasteiger partial charge in [0.25, 0.3) is 0 Å². The van der Waals surface area contributed by atoms with Crippen molar-refractivity contribution in [3.8, 4) is 0 Å². The molecule has 2 unspecified atom stereocenters. The smallest absolute Gasteiger partial charge is 0.310 e. The van der Waals surface area contributed by atoms with Crippen LogP contribution in [-0.4, -0.2) is 41.7 Å².